The maximum absolute atomic E-state index is 13.8. The van der Waals surface area contributed by atoms with Crippen molar-refractivity contribution in [3.63, 3.8) is 0 Å². The van der Waals surface area contributed by atoms with E-state index in [0.717, 1.165) is 22.3 Å². The van der Waals surface area contributed by atoms with Crippen molar-refractivity contribution < 1.29 is 8.78 Å². The Hall–Kier alpha value is -3.29. The summed E-state index contributed by atoms with van der Waals surface area (Å²) in [7, 11) is 1.86. The molecule has 0 spiro atoms. The SMILES string of the molecule is CC(Nc1ccn2ncc(-c3cnn(C)c3)c2n1)c1cc(F)ccc1CCCF. The standard InChI is InChI=1S/C21H22F2N6/c1-14(18-10-17(23)6-5-15(18)4-3-8-22)26-20-7-9-29-21(27-20)19(12-25-29)16-11-24-28(2)13-16/h5-7,9-14H,3-4,8H2,1-2H3,(H,26,27). The van der Waals surface area contributed by atoms with Gasteiger partial charge < -0.3 is 5.32 Å². The lowest BCUT2D eigenvalue weighted by atomic mass is 9.98. The highest BCUT2D eigenvalue weighted by atomic mass is 19.1. The Kier molecular flexibility index (Phi) is 5.24. The number of alkyl halides is 1. The van der Waals surface area contributed by atoms with E-state index in [0.29, 0.717) is 24.3 Å². The normalized spacial score (nSPS) is 12.4. The van der Waals surface area contributed by atoms with Crippen LogP contribution in [0.4, 0.5) is 14.6 Å². The molecule has 0 aliphatic rings. The van der Waals surface area contributed by atoms with E-state index in [-0.39, 0.29) is 11.9 Å². The van der Waals surface area contributed by atoms with Crippen molar-refractivity contribution in [3.05, 3.63) is 66.0 Å². The van der Waals surface area contributed by atoms with Gasteiger partial charge in [0.2, 0.25) is 0 Å². The quantitative estimate of drug-likeness (QED) is 0.505. The Morgan fingerprint density at radius 3 is 2.79 bits per heavy atom. The van der Waals surface area contributed by atoms with Crippen LogP contribution in [0.3, 0.4) is 0 Å². The zero-order valence-corrected chi connectivity index (χ0v) is 16.3. The maximum atomic E-state index is 13.8. The molecule has 0 saturated heterocycles. The molecule has 4 rings (SSSR count). The average Bonchev–Trinajstić information content (AvgIpc) is 3.32. The number of nitrogens with zero attached hydrogens (tertiary/aromatic N) is 5. The van der Waals surface area contributed by atoms with Gasteiger partial charge in [0.25, 0.3) is 0 Å². The second kappa shape index (κ2) is 7.98. The van der Waals surface area contributed by atoms with Crippen molar-refractivity contribution in [1.82, 2.24) is 24.4 Å². The molecule has 29 heavy (non-hydrogen) atoms. The molecule has 0 fully saturated rings. The zero-order chi connectivity index (χ0) is 20.4. The van der Waals surface area contributed by atoms with Gasteiger partial charge in [0.05, 0.1) is 25.1 Å². The zero-order valence-electron chi connectivity index (χ0n) is 16.3. The number of anilines is 1. The van der Waals surface area contributed by atoms with Crippen LogP contribution in [0.5, 0.6) is 0 Å². The Bertz CT molecular complexity index is 1130. The lowest BCUT2D eigenvalue weighted by Gasteiger charge is -2.19. The van der Waals surface area contributed by atoms with E-state index in [4.69, 9.17) is 4.98 Å². The van der Waals surface area contributed by atoms with E-state index in [9.17, 15) is 8.78 Å². The molecule has 0 radical (unpaired) electrons. The largest absolute Gasteiger partial charge is 0.363 e. The molecular weight excluding hydrogens is 374 g/mol. The van der Waals surface area contributed by atoms with Crippen molar-refractivity contribution >= 4 is 11.5 Å². The fraction of sp³-hybridized carbons (Fsp3) is 0.286. The minimum Gasteiger partial charge on any atom is -0.363 e. The molecule has 1 unspecified atom stereocenters. The van der Waals surface area contributed by atoms with Crippen molar-refractivity contribution in [2.24, 2.45) is 7.05 Å². The minimum absolute atomic E-state index is 0.194. The first-order valence-electron chi connectivity index (χ1n) is 9.49. The molecule has 4 aromatic rings. The monoisotopic (exact) mass is 396 g/mol. The van der Waals surface area contributed by atoms with E-state index in [1.54, 1.807) is 27.7 Å². The van der Waals surface area contributed by atoms with Crippen molar-refractivity contribution in [2.75, 3.05) is 12.0 Å². The van der Waals surface area contributed by atoms with Crippen LogP contribution in [0.1, 0.15) is 30.5 Å². The first-order valence-corrected chi connectivity index (χ1v) is 9.49. The van der Waals surface area contributed by atoms with Gasteiger partial charge in [-0.2, -0.15) is 10.2 Å². The molecule has 0 aliphatic carbocycles. The van der Waals surface area contributed by atoms with Gasteiger partial charge in [-0.05, 0) is 49.1 Å². The summed E-state index contributed by atoms with van der Waals surface area (Å²) in [6, 6.07) is 6.28. The van der Waals surface area contributed by atoms with Crippen molar-refractivity contribution in [2.45, 2.75) is 25.8 Å². The first kappa shape index (κ1) is 19.0. The number of fused-ring (bicyclic) bond motifs is 1. The topological polar surface area (TPSA) is 60.0 Å². The predicted molar refractivity (Wildman–Crippen MR) is 108 cm³/mol. The lowest BCUT2D eigenvalue weighted by molar-refractivity contribution is 0.472. The Morgan fingerprint density at radius 1 is 1.17 bits per heavy atom. The van der Waals surface area contributed by atoms with Crippen LogP contribution in [-0.4, -0.2) is 31.1 Å². The highest BCUT2D eigenvalue weighted by Crippen LogP contribution is 2.26. The van der Waals surface area contributed by atoms with Crippen LogP contribution < -0.4 is 5.32 Å². The molecule has 0 bridgehead atoms. The van der Waals surface area contributed by atoms with Crippen LogP contribution in [0.2, 0.25) is 0 Å². The number of halogens is 2. The number of nitrogens with one attached hydrogen (secondary N) is 1. The van der Waals surface area contributed by atoms with E-state index in [1.807, 2.05) is 32.4 Å². The lowest BCUT2D eigenvalue weighted by Crippen LogP contribution is -2.11. The molecular formula is C21H22F2N6. The molecule has 3 aromatic heterocycles. The van der Waals surface area contributed by atoms with Crippen molar-refractivity contribution in [3.8, 4) is 11.1 Å². The number of hydrogen-bond acceptors (Lipinski definition) is 4. The van der Waals surface area contributed by atoms with Crippen molar-refractivity contribution in [1.29, 1.82) is 0 Å². The summed E-state index contributed by atoms with van der Waals surface area (Å²) >= 11 is 0. The van der Waals surface area contributed by atoms with Crippen LogP contribution in [0.25, 0.3) is 16.8 Å². The second-order valence-electron chi connectivity index (χ2n) is 7.04. The van der Waals surface area contributed by atoms with Gasteiger partial charge in [-0.3, -0.25) is 9.07 Å². The smallest absolute Gasteiger partial charge is 0.165 e. The summed E-state index contributed by atoms with van der Waals surface area (Å²) in [4.78, 5) is 4.70. The molecule has 150 valence electrons. The molecule has 8 heteroatoms. The second-order valence-corrected chi connectivity index (χ2v) is 7.04. The number of hydrogen-bond donors (Lipinski definition) is 1. The Labute approximate surface area is 167 Å². The third kappa shape index (κ3) is 3.96. The van der Waals surface area contributed by atoms with E-state index in [1.165, 1.54) is 12.1 Å². The molecule has 0 aliphatic heterocycles. The van der Waals surface area contributed by atoms with Gasteiger partial charge in [-0.15, -0.1) is 0 Å². The number of aryl methyl sites for hydroxylation is 2. The van der Waals surface area contributed by atoms with Gasteiger partial charge >= 0.3 is 0 Å². The molecule has 0 saturated carbocycles. The Balaban J connectivity index is 1.63. The van der Waals surface area contributed by atoms with Gasteiger partial charge in [0, 0.05) is 30.6 Å². The molecule has 1 N–H and O–H groups in total. The number of rotatable bonds is 7. The summed E-state index contributed by atoms with van der Waals surface area (Å²) < 4.78 is 29.9. The highest BCUT2D eigenvalue weighted by molar-refractivity contribution is 5.76. The van der Waals surface area contributed by atoms with Gasteiger partial charge in [-0.25, -0.2) is 13.9 Å². The third-order valence-corrected chi connectivity index (χ3v) is 4.90. The fourth-order valence-electron chi connectivity index (χ4n) is 3.47. The van der Waals surface area contributed by atoms with Crippen LogP contribution >= 0.6 is 0 Å². The van der Waals surface area contributed by atoms with Crippen LogP contribution in [-0.2, 0) is 13.5 Å². The van der Waals surface area contributed by atoms with Crippen LogP contribution in [0.15, 0.2) is 49.1 Å². The van der Waals surface area contributed by atoms with E-state index in [2.05, 4.69) is 15.5 Å². The van der Waals surface area contributed by atoms with Crippen LogP contribution in [0, 0.1) is 5.82 Å². The molecule has 1 atom stereocenters. The maximum Gasteiger partial charge on any atom is 0.165 e. The molecule has 1 aromatic carbocycles. The predicted octanol–water partition coefficient (Wildman–Crippen LogP) is 4.34. The summed E-state index contributed by atoms with van der Waals surface area (Å²) in [6.45, 7) is 1.55. The summed E-state index contributed by atoms with van der Waals surface area (Å²) in [5.74, 6) is 0.340. The third-order valence-electron chi connectivity index (χ3n) is 4.90. The highest BCUT2D eigenvalue weighted by Gasteiger charge is 2.15. The fourth-order valence-corrected chi connectivity index (χ4v) is 3.47. The summed E-state index contributed by atoms with van der Waals surface area (Å²) in [5, 5.41) is 11.9. The molecule has 3 heterocycles. The number of benzene rings is 1. The number of aromatic nitrogens is 5. The molecule has 0 amide bonds. The molecule has 6 nitrogen and oxygen atoms in total. The Morgan fingerprint density at radius 2 is 2.03 bits per heavy atom. The first-order chi connectivity index (χ1) is 14.0. The van der Waals surface area contributed by atoms with Gasteiger partial charge in [0.1, 0.15) is 11.6 Å². The minimum atomic E-state index is -0.394. The summed E-state index contributed by atoms with van der Waals surface area (Å²) in [6.07, 6.45) is 8.25. The average molecular weight is 396 g/mol. The summed E-state index contributed by atoms with van der Waals surface area (Å²) in [5.41, 5.74) is 4.25. The van der Waals surface area contributed by atoms with E-state index >= 15 is 0 Å². The van der Waals surface area contributed by atoms with E-state index < -0.39 is 6.67 Å². The van der Waals surface area contributed by atoms with Gasteiger partial charge in [0.15, 0.2) is 5.65 Å². The van der Waals surface area contributed by atoms with Gasteiger partial charge in [-0.1, -0.05) is 6.07 Å².